The van der Waals surface area contributed by atoms with E-state index in [0.717, 1.165) is 0 Å². The van der Waals surface area contributed by atoms with Crippen LogP contribution in [0.2, 0.25) is 0 Å². The van der Waals surface area contributed by atoms with Gasteiger partial charge in [-0.15, -0.1) is 12.4 Å². The third-order valence-corrected chi connectivity index (χ3v) is 2.17. The van der Waals surface area contributed by atoms with Gasteiger partial charge < -0.3 is 4.90 Å². The zero-order valence-electron chi connectivity index (χ0n) is 7.45. The quantitative estimate of drug-likeness (QED) is 0.338. The van der Waals surface area contributed by atoms with Gasteiger partial charge in [-0.1, -0.05) is 0 Å². The van der Waals surface area contributed by atoms with E-state index in [1.54, 1.807) is 11.9 Å². The molecule has 3 N–H and O–H groups in total. The van der Waals surface area contributed by atoms with Crippen LogP contribution in [0.25, 0.3) is 0 Å². The molecule has 0 radical (unpaired) electrons. The van der Waals surface area contributed by atoms with Crippen molar-refractivity contribution in [2.45, 2.75) is 12.8 Å². The maximum atomic E-state index is 11.1. The summed E-state index contributed by atoms with van der Waals surface area (Å²) in [7, 11) is 1.74. The van der Waals surface area contributed by atoms with Crippen LogP contribution in [0.4, 0.5) is 0 Å². The highest BCUT2D eigenvalue weighted by Crippen LogP contribution is 2.16. The summed E-state index contributed by atoms with van der Waals surface area (Å²) in [5, 5.41) is 0. The first-order chi connectivity index (χ1) is 5.65. The molecule has 76 valence electrons. The highest BCUT2D eigenvalue weighted by molar-refractivity contribution is 5.86. The summed E-state index contributed by atoms with van der Waals surface area (Å²) in [6.45, 7) is 0.636. The minimum Gasteiger partial charge on any atom is -0.346 e. The first-order valence-corrected chi connectivity index (χ1v) is 3.89. The normalized spacial score (nSPS) is 22.2. The van der Waals surface area contributed by atoms with Crippen LogP contribution in [-0.4, -0.2) is 30.3 Å². The third-order valence-electron chi connectivity index (χ3n) is 2.17. The van der Waals surface area contributed by atoms with Crippen molar-refractivity contribution in [2.24, 2.45) is 11.8 Å². The van der Waals surface area contributed by atoms with E-state index in [1.165, 1.54) is 0 Å². The smallest absolute Gasteiger partial charge is 0.237 e. The molecule has 0 aromatic rings. The highest BCUT2D eigenvalue weighted by Gasteiger charge is 2.27. The summed E-state index contributed by atoms with van der Waals surface area (Å²) in [6, 6.07) is 0. The van der Waals surface area contributed by atoms with Gasteiger partial charge in [-0.25, -0.2) is 5.84 Å². The van der Waals surface area contributed by atoms with Crippen molar-refractivity contribution >= 4 is 24.2 Å². The molecule has 1 unspecified atom stereocenters. The molecule has 6 heteroatoms. The SMILES string of the molecule is CN1CCC(C(=O)NN)CC1=O.Cl. The van der Waals surface area contributed by atoms with Crippen molar-refractivity contribution in [3.8, 4) is 0 Å². The average Bonchev–Trinajstić information content (AvgIpc) is 2.08. The van der Waals surface area contributed by atoms with E-state index < -0.39 is 0 Å². The maximum absolute atomic E-state index is 11.1. The van der Waals surface area contributed by atoms with Crippen LogP contribution in [0.3, 0.4) is 0 Å². The maximum Gasteiger partial charge on any atom is 0.237 e. The summed E-state index contributed by atoms with van der Waals surface area (Å²) in [6.07, 6.45) is 0.977. The summed E-state index contributed by atoms with van der Waals surface area (Å²) >= 11 is 0. The fourth-order valence-corrected chi connectivity index (χ4v) is 1.28. The molecule has 2 amide bonds. The molecule has 1 rings (SSSR count). The van der Waals surface area contributed by atoms with Crippen molar-refractivity contribution in [3.05, 3.63) is 0 Å². The van der Waals surface area contributed by atoms with Gasteiger partial charge in [0.15, 0.2) is 0 Å². The van der Waals surface area contributed by atoms with E-state index in [2.05, 4.69) is 5.43 Å². The van der Waals surface area contributed by atoms with Crippen LogP contribution in [0, 0.1) is 5.92 Å². The van der Waals surface area contributed by atoms with Crippen molar-refractivity contribution in [2.75, 3.05) is 13.6 Å². The molecule has 1 heterocycles. The Labute approximate surface area is 83.0 Å². The van der Waals surface area contributed by atoms with E-state index in [1.807, 2.05) is 0 Å². The second-order valence-corrected chi connectivity index (χ2v) is 3.01. The van der Waals surface area contributed by atoms with E-state index in [-0.39, 0.29) is 36.6 Å². The topological polar surface area (TPSA) is 75.4 Å². The predicted molar refractivity (Wildman–Crippen MR) is 49.9 cm³/mol. The van der Waals surface area contributed by atoms with Gasteiger partial charge in [0, 0.05) is 25.9 Å². The Morgan fingerprint density at radius 2 is 2.31 bits per heavy atom. The van der Waals surface area contributed by atoms with Crippen LogP contribution in [0.15, 0.2) is 0 Å². The Hall–Kier alpha value is -0.810. The van der Waals surface area contributed by atoms with E-state index in [0.29, 0.717) is 13.0 Å². The Morgan fingerprint density at radius 3 is 2.77 bits per heavy atom. The number of likely N-dealkylation sites (tertiary alicyclic amines) is 1. The molecule has 0 spiro atoms. The van der Waals surface area contributed by atoms with Gasteiger partial charge in [0.25, 0.3) is 0 Å². The summed E-state index contributed by atoms with van der Waals surface area (Å²) in [5.74, 6) is 4.49. The number of carbonyl (C=O) groups is 2. The number of hydrogen-bond donors (Lipinski definition) is 2. The zero-order chi connectivity index (χ0) is 9.14. The molecule has 0 aromatic heterocycles. The summed E-state index contributed by atoms with van der Waals surface area (Å²) < 4.78 is 0. The van der Waals surface area contributed by atoms with Crippen molar-refractivity contribution in [1.82, 2.24) is 10.3 Å². The number of nitrogens with two attached hydrogens (primary N) is 1. The van der Waals surface area contributed by atoms with Gasteiger partial charge in [-0.05, 0) is 6.42 Å². The number of nitrogens with zero attached hydrogens (tertiary/aromatic N) is 1. The van der Waals surface area contributed by atoms with Crippen LogP contribution in [0.5, 0.6) is 0 Å². The summed E-state index contributed by atoms with van der Waals surface area (Å²) in [4.78, 5) is 23.8. The molecule has 0 bridgehead atoms. The van der Waals surface area contributed by atoms with Crippen LogP contribution >= 0.6 is 12.4 Å². The molecule has 5 nitrogen and oxygen atoms in total. The minimum absolute atomic E-state index is 0. The fourth-order valence-electron chi connectivity index (χ4n) is 1.28. The largest absolute Gasteiger partial charge is 0.346 e. The first kappa shape index (κ1) is 12.2. The van der Waals surface area contributed by atoms with Gasteiger partial charge >= 0.3 is 0 Å². The average molecular weight is 208 g/mol. The molecule has 1 fully saturated rings. The lowest BCUT2D eigenvalue weighted by molar-refractivity contribution is -0.139. The molecular weight excluding hydrogens is 194 g/mol. The number of amides is 2. The Morgan fingerprint density at radius 1 is 1.69 bits per heavy atom. The highest BCUT2D eigenvalue weighted by atomic mass is 35.5. The number of halogens is 1. The van der Waals surface area contributed by atoms with Gasteiger partial charge in [-0.3, -0.25) is 15.0 Å². The van der Waals surface area contributed by atoms with Gasteiger partial charge in [0.1, 0.15) is 0 Å². The predicted octanol–water partition coefficient (Wildman–Crippen LogP) is -0.733. The molecule has 13 heavy (non-hydrogen) atoms. The van der Waals surface area contributed by atoms with Crippen molar-refractivity contribution < 1.29 is 9.59 Å². The van der Waals surface area contributed by atoms with E-state index in [4.69, 9.17) is 5.84 Å². The van der Waals surface area contributed by atoms with Crippen molar-refractivity contribution in [1.29, 1.82) is 0 Å². The fraction of sp³-hybridized carbons (Fsp3) is 0.714. The minimum atomic E-state index is -0.239. The second-order valence-electron chi connectivity index (χ2n) is 3.01. The van der Waals surface area contributed by atoms with E-state index in [9.17, 15) is 9.59 Å². The number of hydrazine groups is 1. The first-order valence-electron chi connectivity index (χ1n) is 3.89. The third kappa shape index (κ3) is 2.86. The van der Waals surface area contributed by atoms with Crippen LogP contribution in [0.1, 0.15) is 12.8 Å². The lowest BCUT2D eigenvalue weighted by Crippen LogP contribution is -2.43. The standard InChI is InChI=1S/C7H13N3O2.ClH/c1-10-3-2-5(4-6(10)11)7(12)9-8;/h5H,2-4,8H2,1H3,(H,9,12);1H. The zero-order valence-corrected chi connectivity index (χ0v) is 8.26. The molecule has 0 aliphatic carbocycles. The number of rotatable bonds is 1. The Bertz CT molecular complexity index is 208. The Kier molecular flexibility index (Phi) is 4.72. The molecule has 1 saturated heterocycles. The number of piperidine rings is 1. The molecule has 0 saturated carbocycles. The lowest BCUT2D eigenvalue weighted by atomic mass is 9.96. The van der Waals surface area contributed by atoms with E-state index >= 15 is 0 Å². The van der Waals surface area contributed by atoms with Gasteiger partial charge in [-0.2, -0.15) is 0 Å². The van der Waals surface area contributed by atoms with Crippen LogP contribution < -0.4 is 11.3 Å². The number of carbonyl (C=O) groups excluding carboxylic acids is 2. The molecular formula is C7H14ClN3O2. The lowest BCUT2D eigenvalue weighted by Gasteiger charge is -2.27. The number of nitrogens with one attached hydrogen (secondary N) is 1. The number of hydrogen-bond acceptors (Lipinski definition) is 3. The molecule has 0 aromatic carbocycles. The molecule has 1 atom stereocenters. The molecule has 1 aliphatic heterocycles. The van der Waals surface area contributed by atoms with Crippen molar-refractivity contribution in [3.63, 3.8) is 0 Å². The molecule has 1 aliphatic rings. The Balaban J connectivity index is 0.00000144. The van der Waals surface area contributed by atoms with Crippen LogP contribution in [-0.2, 0) is 9.59 Å². The monoisotopic (exact) mass is 207 g/mol. The van der Waals surface area contributed by atoms with Gasteiger partial charge in [0.05, 0.1) is 0 Å². The van der Waals surface area contributed by atoms with Gasteiger partial charge in [0.2, 0.25) is 11.8 Å². The summed E-state index contributed by atoms with van der Waals surface area (Å²) in [5.41, 5.74) is 2.06. The second kappa shape index (κ2) is 5.04.